The highest BCUT2D eigenvalue weighted by Gasteiger charge is 2.14. The van der Waals surface area contributed by atoms with Crippen LogP contribution in [0.3, 0.4) is 0 Å². The van der Waals surface area contributed by atoms with Crippen molar-refractivity contribution in [3.8, 4) is 0 Å². The van der Waals surface area contributed by atoms with Crippen molar-refractivity contribution >= 4 is 34.2 Å². The van der Waals surface area contributed by atoms with Crippen molar-refractivity contribution in [3.05, 3.63) is 64.8 Å². The van der Waals surface area contributed by atoms with Gasteiger partial charge in [0.05, 0.1) is 17.8 Å². The molecule has 0 aliphatic heterocycles. The molecular weight excluding hydrogens is 321 g/mol. The largest absolute Gasteiger partial charge is 0.450 e. The summed E-state index contributed by atoms with van der Waals surface area (Å²) in [4.78, 5) is 27.5. The van der Waals surface area contributed by atoms with Gasteiger partial charge in [0.1, 0.15) is 5.82 Å². The second kappa shape index (κ2) is 7.39. The molecule has 1 amide bonds. The van der Waals surface area contributed by atoms with E-state index in [1.54, 1.807) is 43.3 Å². The van der Waals surface area contributed by atoms with Crippen LogP contribution in [-0.2, 0) is 4.74 Å². The van der Waals surface area contributed by atoms with Crippen LogP contribution >= 0.6 is 0 Å². The van der Waals surface area contributed by atoms with E-state index in [1.807, 2.05) is 18.2 Å². The van der Waals surface area contributed by atoms with Gasteiger partial charge in [0.15, 0.2) is 5.69 Å². The number of benzene rings is 2. The van der Waals surface area contributed by atoms with Gasteiger partial charge >= 0.3 is 6.09 Å². The van der Waals surface area contributed by atoms with E-state index in [9.17, 15) is 9.59 Å². The molecule has 0 atom stereocenters. The highest BCUT2D eigenvalue weighted by Crippen LogP contribution is 2.24. The molecular formula is C18H16N4O3. The van der Waals surface area contributed by atoms with E-state index in [4.69, 9.17) is 4.74 Å². The number of rotatable bonds is 4. The third-order valence-corrected chi connectivity index (χ3v) is 3.41. The summed E-state index contributed by atoms with van der Waals surface area (Å²) in [6, 6.07) is 16.0. The van der Waals surface area contributed by atoms with Crippen molar-refractivity contribution in [2.75, 3.05) is 11.9 Å². The van der Waals surface area contributed by atoms with Gasteiger partial charge in [0.25, 0.3) is 0 Å². The summed E-state index contributed by atoms with van der Waals surface area (Å²) in [5.41, 5.74) is 0.853. The van der Waals surface area contributed by atoms with Gasteiger partial charge in [0.2, 0.25) is 5.43 Å². The first-order chi connectivity index (χ1) is 12.2. The van der Waals surface area contributed by atoms with E-state index in [0.29, 0.717) is 16.6 Å². The number of fused-ring (bicyclic) bond motifs is 1. The number of anilines is 1. The Hall–Kier alpha value is -3.48. The molecule has 1 aromatic heterocycles. The monoisotopic (exact) mass is 337 g/mol. The van der Waals surface area contributed by atoms with Crippen molar-refractivity contribution < 1.29 is 9.53 Å². The van der Waals surface area contributed by atoms with Gasteiger partial charge in [-0.15, -0.1) is 5.11 Å². The molecule has 0 fully saturated rings. The molecule has 0 aliphatic rings. The topological polar surface area (TPSA) is 95.9 Å². The summed E-state index contributed by atoms with van der Waals surface area (Å²) in [7, 11) is 0. The predicted molar refractivity (Wildman–Crippen MR) is 95.8 cm³/mol. The Morgan fingerprint density at radius 2 is 1.80 bits per heavy atom. The molecule has 0 unspecified atom stereocenters. The third kappa shape index (κ3) is 3.72. The standard InChI is InChI=1S/C18H16N4O3/c1-2-25-18(24)20-17-15(22-21-12-8-4-3-5-9-12)16(23)13-10-6-7-11-14(13)19-17/h3-11H,2H2,1H3,(H2,19,20,23,24)/i21+1. The molecule has 0 bridgehead atoms. The molecule has 1 heterocycles. The fraction of sp³-hybridized carbons (Fsp3) is 0.111. The first-order valence-corrected chi connectivity index (χ1v) is 7.74. The molecule has 2 N–H and O–H groups in total. The zero-order valence-electron chi connectivity index (χ0n) is 13.5. The number of aromatic nitrogens is 1. The average molecular weight is 337 g/mol. The minimum absolute atomic E-state index is 0.00982. The van der Waals surface area contributed by atoms with Crippen LogP contribution in [0.5, 0.6) is 0 Å². The molecule has 0 radical (unpaired) electrons. The summed E-state index contributed by atoms with van der Waals surface area (Å²) >= 11 is 0. The molecule has 0 spiro atoms. The molecule has 7 heteroatoms. The number of azo groups is 1. The molecule has 0 saturated carbocycles. The maximum absolute atomic E-state index is 12.7. The fourth-order valence-corrected chi connectivity index (χ4v) is 2.28. The molecule has 3 rings (SSSR count). The number of hydrogen-bond donors (Lipinski definition) is 2. The van der Waals surface area contributed by atoms with Gasteiger partial charge in [0, 0.05) is 5.39 Å². The van der Waals surface area contributed by atoms with Crippen LogP contribution in [0, 0.1) is 0 Å². The number of carbonyl (C=O) groups excluding carboxylic acids is 1. The van der Waals surface area contributed by atoms with Crippen LogP contribution < -0.4 is 10.7 Å². The molecule has 7 nitrogen and oxygen atoms in total. The molecule has 0 saturated heterocycles. The first kappa shape index (κ1) is 16.4. The number of nitrogens with one attached hydrogen (secondary N) is 2. The van der Waals surface area contributed by atoms with E-state index in [-0.39, 0.29) is 23.5 Å². The van der Waals surface area contributed by atoms with E-state index >= 15 is 0 Å². The van der Waals surface area contributed by atoms with Crippen LogP contribution in [0.25, 0.3) is 10.9 Å². The number of pyridine rings is 1. The lowest BCUT2D eigenvalue weighted by molar-refractivity contribution is 0.168. The lowest BCUT2D eigenvalue weighted by Crippen LogP contribution is -2.17. The maximum Gasteiger partial charge on any atom is 0.412 e. The molecule has 25 heavy (non-hydrogen) atoms. The van der Waals surface area contributed by atoms with Gasteiger partial charge in [-0.1, -0.05) is 30.3 Å². The molecule has 126 valence electrons. The number of nitrogens with zero attached hydrogens (tertiary/aromatic N) is 2. The number of para-hydroxylation sites is 1. The van der Waals surface area contributed by atoms with Gasteiger partial charge in [-0.3, -0.25) is 10.1 Å². The average Bonchev–Trinajstić information content (AvgIpc) is 2.62. The zero-order valence-corrected chi connectivity index (χ0v) is 13.5. The van der Waals surface area contributed by atoms with E-state index in [0.717, 1.165) is 0 Å². The third-order valence-electron chi connectivity index (χ3n) is 3.41. The van der Waals surface area contributed by atoms with Crippen molar-refractivity contribution in [1.29, 1.82) is 0 Å². The predicted octanol–water partition coefficient (Wildman–Crippen LogP) is 4.51. The Kier molecular flexibility index (Phi) is 4.84. The van der Waals surface area contributed by atoms with Crippen molar-refractivity contribution in [2.24, 2.45) is 10.2 Å². The zero-order chi connectivity index (χ0) is 17.6. The molecule has 2 aromatic carbocycles. The van der Waals surface area contributed by atoms with Gasteiger partial charge < -0.3 is 9.72 Å². The van der Waals surface area contributed by atoms with Gasteiger partial charge in [-0.25, -0.2) is 4.79 Å². The van der Waals surface area contributed by atoms with Crippen LogP contribution in [0.4, 0.5) is 22.0 Å². The SMILES string of the molecule is CCOC(=O)Nc1[nH]c2ccccc2c(=O)c1N=[15N]c1ccccc1. The van der Waals surface area contributed by atoms with Crippen LogP contribution in [0.15, 0.2) is 69.6 Å². The summed E-state index contributed by atoms with van der Waals surface area (Å²) in [6.07, 6.45) is -0.676. The van der Waals surface area contributed by atoms with Crippen LogP contribution in [-0.4, -0.2) is 17.7 Å². The molecule has 3 aromatic rings. The normalized spacial score (nSPS) is 10.9. The van der Waals surface area contributed by atoms with Gasteiger partial charge in [-0.2, -0.15) is 5.11 Å². The Labute approximate surface area is 143 Å². The van der Waals surface area contributed by atoms with E-state index < -0.39 is 6.09 Å². The lowest BCUT2D eigenvalue weighted by atomic mass is 10.2. The van der Waals surface area contributed by atoms with Crippen LogP contribution in [0.2, 0.25) is 0 Å². The van der Waals surface area contributed by atoms with E-state index in [1.165, 1.54) is 0 Å². The van der Waals surface area contributed by atoms with Crippen molar-refractivity contribution in [3.63, 3.8) is 0 Å². The molecule has 0 aliphatic carbocycles. The van der Waals surface area contributed by atoms with Gasteiger partial charge in [-0.05, 0) is 31.2 Å². The number of amides is 1. The minimum Gasteiger partial charge on any atom is -0.450 e. The smallest absolute Gasteiger partial charge is 0.412 e. The van der Waals surface area contributed by atoms with E-state index in [2.05, 4.69) is 20.5 Å². The summed E-state index contributed by atoms with van der Waals surface area (Å²) in [5, 5.41) is 11.1. The van der Waals surface area contributed by atoms with Crippen LogP contribution in [0.1, 0.15) is 6.92 Å². The quantitative estimate of drug-likeness (QED) is 0.541. The van der Waals surface area contributed by atoms with Crippen molar-refractivity contribution in [1.82, 2.24) is 4.98 Å². The second-order valence-corrected chi connectivity index (χ2v) is 5.10. The van der Waals surface area contributed by atoms with Crippen molar-refractivity contribution in [2.45, 2.75) is 6.92 Å². The summed E-state index contributed by atoms with van der Waals surface area (Å²) < 4.78 is 4.87. The Morgan fingerprint density at radius 1 is 1.08 bits per heavy atom. The highest BCUT2D eigenvalue weighted by atomic mass is 16.5. The summed E-state index contributed by atoms with van der Waals surface area (Å²) in [5.74, 6) is 0.141. The number of carbonyl (C=O) groups is 1. The minimum atomic E-state index is -0.676. The first-order valence-electron chi connectivity index (χ1n) is 7.74. The lowest BCUT2D eigenvalue weighted by Gasteiger charge is -2.09. The maximum atomic E-state index is 12.7. The fourth-order valence-electron chi connectivity index (χ4n) is 2.28. The Balaban J connectivity index is 2.09. The highest BCUT2D eigenvalue weighted by molar-refractivity contribution is 5.92. The summed E-state index contributed by atoms with van der Waals surface area (Å²) in [6.45, 7) is 1.91. The number of aromatic amines is 1. The second-order valence-electron chi connectivity index (χ2n) is 5.10. The Morgan fingerprint density at radius 3 is 2.56 bits per heavy atom. The number of hydrogen-bond acceptors (Lipinski definition) is 5. The number of ether oxygens (including phenoxy) is 1. The number of H-pyrrole nitrogens is 1. The Bertz CT molecular complexity index is 981.